The molecular weight excluding hydrogens is 457 g/mol. The molecule has 2 aliphatic heterocycles. The van der Waals surface area contributed by atoms with Gasteiger partial charge in [0.2, 0.25) is 0 Å². The molecule has 178 valence electrons. The van der Waals surface area contributed by atoms with Crippen molar-refractivity contribution in [1.29, 1.82) is 0 Å². The fourth-order valence-electron chi connectivity index (χ4n) is 4.15. The van der Waals surface area contributed by atoms with E-state index < -0.39 is 22.8 Å². The lowest BCUT2D eigenvalue weighted by atomic mass is 10.1. The Morgan fingerprint density at radius 1 is 0.939 bits per heavy atom. The number of halogens is 4. The van der Waals surface area contributed by atoms with Crippen LogP contribution in [0.15, 0.2) is 24.3 Å². The normalized spacial score (nSPS) is 17.3. The van der Waals surface area contributed by atoms with Gasteiger partial charge in [-0.25, -0.2) is 14.8 Å². The molecule has 4 rings (SSSR count). The van der Waals surface area contributed by atoms with Crippen LogP contribution in [0.5, 0.6) is 0 Å². The van der Waals surface area contributed by atoms with Crippen molar-refractivity contribution in [3.8, 4) is 0 Å². The summed E-state index contributed by atoms with van der Waals surface area (Å²) in [6.45, 7) is 5.84. The predicted molar refractivity (Wildman–Crippen MR) is 122 cm³/mol. The van der Waals surface area contributed by atoms with Gasteiger partial charge < -0.3 is 20.0 Å². The zero-order valence-corrected chi connectivity index (χ0v) is 19.1. The van der Waals surface area contributed by atoms with Gasteiger partial charge in [0.1, 0.15) is 17.5 Å². The minimum absolute atomic E-state index is 0.0525. The second-order valence-corrected chi connectivity index (χ2v) is 8.68. The van der Waals surface area contributed by atoms with Crippen LogP contribution in [0.3, 0.4) is 0 Å². The lowest BCUT2D eigenvalue weighted by Gasteiger charge is -2.36. The fraction of sp³-hybridized carbons (Fsp3) is 0.500. The minimum Gasteiger partial charge on any atom is -0.356 e. The second-order valence-electron chi connectivity index (χ2n) is 8.28. The number of aromatic nitrogens is 2. The number of carbonyl (C=O) groups excluding carboxylic acids is 1. The highest BCUT2D eigenvalue weighted by molar-refractivity contribution is 6.31. The Labute approximate surface area is 195 Å². The minimum atomic E-state index is -4.59. The maximum Gasteiger partial charge on any atom is 0.417 e. The Balaban J connectivity index is 1.38. The Bertz CT molecular complexity index is 1000. The quantitative estimate of drug-likeness (QED) is 0.680. The number of piperidine rings is 1. The standard InChI is InChI=1S/C22H26ClF3N6O/c1-15-27-19(30-7-3-2-4-8-30)14-20(28-15)31-9-11-32(12-10-31)21(33)29-16-5-6-18(23)17(13-16)22(24,25)26/h5-6,13-14H,2-4,7-12H2,1H3,(H,29,33). The number of anilines is 3. The monoisotopic (exact) mass is 482 g/mol. The van der Waals surface area contributed by atoms with Gasteiger partial charge in [-0.2, -0.15) is 13.2 Å². The van der Waals surface area contributed by atoms with Crippen molar-refractivity contribution >= 4 is 35.0 Å². The zero-order chi connectivity index (χ0) is 23.6. The Morgan fingerprint density at radius 3 is 2.15 bits per heavy atom. The van der Waals surface area contributed by atoms with Crippen molar-refractivity contribution in [3.05, 3.63) is 40.7 Å². The molecule has 2 fully saturated rings. The Kier molecular flexibility index (Phi) is 6.83. The van der Waals surface area contributed by atoms with Crippen molar-refractivity contribution in [1.82, 2.24) is 14.9 Å². The van der Waals surface area contributed by atoms with Crippen LogP contribution in [0.2, 0.25) is 5.02 Å². The van der Waals surface area contributed by atoms with Crippen molar-refractivity contribution in [3.63, 3.8) is 0 Å². The van der Waals surface area contributed by atoms with Crippen LogP contribution >= 0.6 is 11.6 Å². The molecule has 0 aliphatic carbocycles. The maximum atomic E-state index is 13.1. The summed E-state index contributed by atoms with van der Waals surface area (Å²) in [5, 5.41) is 2.14. The van der Waals surface area contributed by atoms with Gasteiger partial charge in [0.25, 0.3) is 0 Å². The average molecular weight is 483 g/mol. The van der Waals surface area contributed by atoms with Crippen LogP contribution in [0.1, 0.15) is 30.7 Å². The molecule has 7 nitrogen and oxygen atoms in total. The van der Waals surface area contributed by atoms with Crippen LogP contribution < -0.4 is 15.1 Å². The van der Waals surface area contributed by atoms with Crippen LogP contribution in [-0.2, 0) is 6.18 Å². The molecule has 2 aromatic rings. The molecule has 2 amide bonds. The summed E-state index contributed by atoms with van der Waals surface area (Å²) in [6.07, 6.45) is -1.04. The number of carbonyl (C=O) groups is 1. The van der Waals surface area contributed by atoms with E-state index in [1.54, 1.807) is 4.90 Å². The van der Waals surface area contributed by atoms with E-state index >= 15 is 0 Å². The first kappa shape index (κ1) is 23.4. The van der Waals surface area contributed by atoms with E-state index in [1.807, 2.05) is 13.0 Å². The lowest BCUT2D eigenvalue weighted by molar-refractivity contribution is -0.137. The van der Waals surface area contributed by atoms with Crippen molar-refractivity contribution in [2.24, 2.45) is 0 Å². The Hall–Kier alpha value is -2.75. The molecular formula is C22H26ClF3N6O. The summed E-state index contributed by atoms with van der Waals surface area (Å²) < 4.78 is 39.2. The zero-order valence-electron chi connectivity index (χ0n) is 18.3. The van der Waals surface area contributed by atoms with Crippen LogP contribution in [-0.4, -0.2) is 60.2 Å². The van der Waals surface area contributed by atoms with Gasteiger partial charge in [0, 0.05) is 51.0 Å². The molecule has 0 radical (unpaired) electrons. The van der Waals surface area contributed by atoms with Gasteiger partial charge in [0.15, 0.2) is 0 Å². The van der Waals surface area contributed by atoms with E-state index in [-0.39, 0.29) is 5.69 Å². The highest BCUT2D eigenvalue weighted by Crippen LogP contribution is 2.36. The number of nitrogens with zero attached hydrogens (tertiary/aromatic N) is 5. The van der Waals surface area contributed by atoms with Crippen molar-refractivity contribution in [2.75, 3.05) is 54.4 Å². The molecule has 3 heterocycles. The summed E-state index contributed by atoms with van der Waals surface area (Å²) in [5.41, 5.74) is -0.924. The topological polar surface area (TPSA) is 64.6 Å². The number of benzene rings is 1. The number of hydrogen-bond acceptors (Lipinski definition) is 5. The van der Waals surface area contributed by atoms with E-state index in [1.165, 1.54) is 12.5 Å². The molecule has 33 heavy (non-hydrogen) atoms. The highest BCUT2D eigenvalue weighted by atomic mass is 35.5. The van der Waals surface area contributed by atoms with Gasteiger partial charge >= 0.3 is 12.2 Å². The average Bonchev–Trinajstić information content (AvgIpc) is 2.80. The number of nitrogens with one attached hydrogen (secondary N) is 1. The smallest absolute Gasteiger partial charge is 0.356 e. The first-order valence-corrected chi connectivity index (χ1v) is 11.4. The number of aryl methyl sites for hydroxylation is 1. The summed E-state index contributed by atoms with van der Waals surface area (Å²) in [5.74, 6) is 2.47. The maximum absolute atomic E-state index is 13.1. The van der Waals surface area contributed by atoms with Crippen molar-refractivity contribution < 1.29 is 18.0 Å². The number of amides is 2. The number of urea groups is 1. The second kappa shape index (κ2) is 9.62. The van der Waals surface area contributed by atoms with E-state index in [0.717, 1.165) is 49.7 Å². The summed E-state index contributed by atoms with van der Waals surface area (Å²) >= 11 is 5.65. The van der Waals surface area contributed by atoms with Gasteiger partial charge in [0.05, 0.1) is 10.6 Å². The number of hydrogen-bond donors (Lipinski definition) is 1. The number of rotatable bonds is 3. The molecule has 0 saturated carbocycles. The van der Waals surface area contributed by atoms with E-state index in [2.05, 4.69) is 25.1 Å². The number of piperazine rings is 1. The summed E-state index contributed by atoms with van der Waals surface area (Å²) in [7, 11) is 0. The molecule has 0 bridgehead atoms. The molecule has 0 unspecified atom stereocenters. The van der Waals surface area contributed by atoms with Gasteiger partial charge in [-0.05, 0) is 44.4 Å². The molecule has 0 atom stereocenters. The molecule has 0 spiro atoms. The fourth-order valence-corrected chi connectivity index (χ4v) is 4.37. The SMILES string of the molecule is Cc1nc(N2CCCCC2)cc(N2CCN(C(=O)Nc3ccc(Cl)c(C(F)(F)F)c3)CC2)n1. The Morgan fingerprint density at radius 2 is 1.55 bits per heavy atom. The van der Waals surface area contributed by atoms with Crippen molar-refractivity contribution in [2.45, 2.75) is 32.4 Å². The molecule has 1 N–H and O–H groups in total. The molecule has 2 saturated heterocycles. The third-order valence-corrected chi connectivity index (χ3v) is 6.23. The first-order chi connectivity index (χ1) is 15.7. The largest absolute Gasteiger partial charge is 0.417 e. The summed E-state index contributed by atoms with van der Waals surface area (Å²) in [4.78, 5) is 27.8. The molecule has 1 aromatic carbocycles. The van der Waals surface area contributed by atoms with E-state index in [0.29, 0.717) is 32.0 Å². The van der Waals surface area contributed by atoms with Gasteiger partial charge in [-0.15, -0.1) is 0 Å². The van der Waals surface area contributed by atoms with E-state index in [4.69, 9.17) is 11.6 Å². The van der Waals surface area contributed by atoms with Crippen LogP contribution in [0.25, 0.3) is 0 Å². The predicted octanol–water partition coefficient (Wildman–Crippen LogP) is 4.80. The number of alkyl halides is 3. The van der Waals surface area contributed by atoms with E-state index in [9.17, 15) is 18.0 Å². The van der Waals surface area contributed by atoms with Crippen LogP contribution in [0, 0.1) is 6.92 Å². The third-order valence-electron chi connectivity index (χ3n) is 5.90. The first-order valence-electron chi connectivity index (χ1n) is 11.0. The molecule has 1 aromatic heterocycles. The molecule has 11 heteroatoms. The van der Waals surface area contributed by atoms with Gasteiger partial charge in [-0.1, -0.05) is 11.6 Å². The van der Waals surface area contributed by atoms with Gasteiger partial charge in [-0.3, -0.25) is 0 Å². The van der Waals surface area contributed by atoms with Crippen LogP contribution in [0.4, 0.5) is 35.3 Å². The highest BCUT2D eigenvalue weighted by Gasteiger charge is 2.33. The third kappa shape index (κ3) is 5.61. The summed E-state index contributed by atoms with van der Waals surface area (Å²) in [6, 6.07) is 4.90. The lowest BCUT2D eigenvalue weighted by Crippen LogP contribution is -2.50. The molecule has 2 aliphatic rings.